The molecular weight excluding hydrogens is 439 g/mol. The van der Waals surface area contributed by atoms with Gasteiger partial charge in [0, 0.05) is 31.4 Å². The molecule has 1 aliphatic rings. The van der Waals surface area contributed by atoms with Crippen molar-refractivity contribution >= 4 is 17.7 Å². The molecule has 1 aromatic heterocycles. The molecule has 1 aromatic carbocycles. The van der Waals surface area contributed by atoms with Gasteiger partial charge in [-0.1, -0.05) is 12.1 Å². The Morgan fingerprint density at radius 3 is 2.52 bits per heavy atom. The van der Waals surface area contributed by atoms with Gasteiger partial charge in [0.05, 0.1) is 24.3 Å². The lowest BCUT2D eigenvalue weighted by molar-refractivity contribution is -0.192. The summed E-state index contributed by atoms with van der Waals surface area (Å²) >= 11 is 0. The zero-order valence-electron chi connectivity index (χ0n) is 19.2. The summed E-state index contributed by atoms with van der Waals surface area (Å²) in [6.45, 7) is 9.43. The number of alkyl halides is 3. The number of aromatic nitrogens is 2. The number of nitrogens with one attached hydrogen (secondary N) is 1. The molecule has 0 unspecified atom stereocenters. The molecule has 0 atom stereocenters. The summed E-state index contributed by atoms with van der Waals surface area (Å²) in [6, 6.07) is 8.31. The third-order valence-corrected chi connectivity index (χ3v) is 5.28. The van der Waals surface area contributed by atoms with Gasteiger partial charge in [-0.25, -0.2) is 14.6 Å². The van der Waals surface area contributed by atoms with E-state index in [0.29, 0.717) is 12.6 Å². The summed E-state index contributed by atoms with van der Waals surface area (Å²) in [5.74, 6) is -2.76. The van der Waals surface area contributed by atoms with Gasteiger partial charge in [0.15, 0.2) is 0 Å². The Kier molecular flexibility index (Phi) is 8.86. The van der Waals surface area contributed by atoms with Crippen LogP contribution in [0.4, 0.5) is 23.7 Å². The van der Waals surface area contributed by atoms with Crippen LogP contribution in [-0.2, 0) is 24.4 Å². The maximum absolute atomic E-state index is 12.8. The zero-order chi connectivity index (χ0) is 24.8. The topological polar surface area (TPSA) is 90.7 Å². The molecular formula is C22H30F3N5O3. The van der Waals surface area contributed by atoms with Crippen molar-refractivity contribution < 1.29 is 27.9 Å². The number of fused-ring (bicyclic) bond motifs is 1. The number of hydrogen-bond donors (Lipinski definition) is 2. The number of nitrogens with zero attached hydrogens (tertiary/aromatic N) is 4. The number of rotatable bonds is 4. The molecule has 11 heteroatoms. The van der Waals surface area contributed by atoms with Crippen LogP contribution in [0, 0.1) is 6.92 Å². The van der Waals surface area contributed by atoms with Gasteiger partial charge in [-0.2, -0.15) is 13.2 Å². The first-order chi connectivity index (χ1) is 15.4. The minimum atomic E-state index is -5.08. The van der Waals surface area contributed by atoms with Crippen LogP contribution in [0.3, 0.4) is 0 Å². The van der Waals surface area contributed by atoms with Crippen LogP contribution in [0.15, 0.2) is 30.6 Å². The van der Waals surface area contributed by atoms with Gasteiger partial charge in [0.2, 0.25) is 0 Å². The average molecular weight is 470 g/mol. The first kappa shape index (κ1) is 26.2. The lowest BCUT2D eigenvalue weighted by Crippen LogP contribution is -2.35. The monoisotopic (exact) mass is 469 g/mol. The number of carboxylic acid groups (broad SMARTS) is 1. The number of anilines is 1. The van der Waals surface area contributed by atoms with Crippen LogP contribution in [0.1, 0.15) is 37.2 Å². The number of imidazole rings is 1. The minimum Gasteiger partial charge on any atom is -0.475 e. The quantitative estimate of drug-likeness (QED) is 0.704. The predicted octanol–water partition coefficient (Wildman–Crippen LogP) is 4.10. The van der Waals surface area contributed by atoms with Crippen molar-refractivity contribution in [2.24, 2.45) is 0 Å². The Balaban J connectivity index is 0.000000479. The molecule has 0 bridgehead atoms. The maximum Gasteiger partial charge on any atom is 0.490 e. The molecule has 2 amide bonds. The van der Waals surface area contributed by atoms with E-state index in [0.717, 1.165) is 48.7 Å². The van der Waals surface area contributed by atoms with Crippen molar-refractivity contribution in [2.75, 3.05) is 18.9 Å². The van der Waals surface area contributed by atoms with Gasteiger partial charge in [0.25, 0.3) is 0 Å². The van der Waals surface area contributed by atoms with E-state index in [1.54, 1.807) is 0 Å². The van der Waals surface area contributed by atoms with Crippen molar-refractivity contribution in [1.29, 1.82) is 0 Å². The van der Waals surface area contributed by atoms with E-state index in [2.05, 4.69) is 40.7 Å². The number of carboxylic acids is 1. The average Bonchev–Trinajstić information content (AvgIpc) is 2.94. The number of halogens is 3. The van der Waals surface area contributed by atoms with Crippen molar-refractivity contribution in [3.05, 3.63) is 47.5 Å². The fraction of sp³-hybridized carbons (Fsp3) is 0.500. The summed E-state index contributed by atoms with van der Waals surface area (Å²) in [7, 11) is 2.11. The van der Waals surface area contributed by atoms with E-state index >= 15 is 0 Å². The summed E-state index contributed by atoms with van der Waals surface area (Å²) in [4.78, 5) is 30.4. The van der Waals surface area contributed by atoms with Crippen molar-refractivity contribution in [3.63, 3.8) is 0 Å². The molecule has 0 saturated heterocycles. The largest absolute Gasteiger partial charge is 0.490 e. The maximum atomic E-state index is 12.8. The molecule has 2 heterocycles. The molecule has 0 spiro atoms. The number of aliphatic carboxylic acids is 1. The van der Waals surface area contributed by atoms with E-state index in [1.807, 2.05) is 42.4 Å². The van der Waals surface area contributed by atoms with Crippen LogP contribution < -0.4 is 5.32 Å². The highest BCUT2D eigenvalue weighted by atomic mass is 19.4. The van der Waals surface area contributed by atoms with E-state index in [9.17, 15) is 18.0 Å². The van der Waals surface area contributed by atoms with E-state index < -0.39 is 12.1 Å². The van der Waals surface area contributed by atoms with Crippen LogP contribution in [0.25, 0.3) is 0 Å². The Labute approximate surface area is 191 Å². The predicted molar refractivity (Wildman–Crippen MR) is 118 cm³/mol. The number of hydrogen-bond acceptors (Lipinski definition) is 4. The van der Waals surface area contributed by atoms with Gasteiger partial charge >= 0.3 is 18.2 Å². The SMILES string of the molecule is Cc1cccc(NC(=O)N2CCCn3cnc(CN(C)C(C)C)c3C2)c1.O=C(O)C(F)(F)F. The number of amides is 2. The Morgan fingerprint density at radius 1 is 1.27 bits per heavy atom. The molecule has 33 heavy (non-hydrogen) atoms. The first-order valence-electron chi connectivity index (χ1n) is 10.5. The third-order valence-electron chi connectivity index (χ3n) is 5.28. The lowest BCUT2D eigenvalue weighted by Gasteiger charge is -2.23. The normalized spacial score (nSPS) is 13.8. The molecule has 2 N–H and O–H groups in total. The molecule has 0 saturated carbocycles. The zero-order valence-corrected chi connectivity index (χ0v) is 19.2. The Morgan fingerprint density at radius 2 is 1.94 bits per heavy atom. The number of carbonyl (C=O) groups is 2. The summed E-state index contributed by atoms with van der Waals surface area (Å²) in [5.41, 5.74) is 4.19. The van der Waals surface area contributed by atoms with Crippen LogP contribution in [0.5, 0.6) is 0 Å². The second kappa shape index (κ2) is 11.2. The van der Waals surface area contributed by atoms with Crippen molar-refractivity contribution in [3.8, 4) is 0 Å². The van der Waals surface area contributed by atoms with Crippen molar-refractivity contribution in [2.45, 2.75) is 59.0 Å². The molecule has 8 nitrogen and oxygen atoms in total. The number of aryl methyl sites for hydroxylation is 2. The minimum absolute atomic E-state index is 0.0478. The number of urea groups is 1. The van der Waals surface area contributed by atoms with Crippen LogP contribution in [-0.4, -0.2) is 62.3 Å². The Hall–Kier alpha value is -3.08. The highest BCUT2D eigenvalue weighted by Crippen LogP contribution is 2.19. The third kappa shape index (κ3) is 7.77. The van der Waals surface area contributed by atoms with Gasteiger partial charge in [0.1, 0.15) is 0 Å². The van der Waals surface area contributed by atoms with Crippen LogP contribution in [0.2, 0.25) is 0 Å². The smallest absolute Gasteiger partial charge is 0.475 e. The molecule has 2 aromatic rings. The fourth-order valence-corrected chi connectivity index (χ4v) is 3.17. The van der Waals surface area contributed by atoms with Crippen LogP contribution >= 0.6 is 0 Å². The molecule has 0 aliphatic carbocycles. The molecule has 182 valence electrons. The summed E-state index contributed by atoms with van der Waals surface area (Å²) < 4.78 is 33.9. The summed E-state index contributed by atoms with van der Waals surface area (Å²) in [5, 5.41) is 10.2. The van der Waals surface area contributed by atoms with E-state index in [1.165, 1.54) is 0 Å². The fourth-order valence-electron chi connectivity index (χ4n) is 3.17. The second-order valence-corrected chi connectivity index (χ2v) is 8.22. The lowest BCUT2D eigenvalue weighted by atomic mass is 10.2. The van der Waals surface area contributed by atoms with Gasteiger partial charge < -0.3 is 19.9 Å². The highest BCUT2D eigenvalue weighted by Gasteiger charge is 2.38. The van der Waals surface area contributed by atoms with Gasteiger partial charge in [-0.3, -0.25) is 4.90 Å². The van der Waals surface area contributed by atoms with E-state index in [-0.39, 0.29) is 6.03 Å². The molecule has 0 radical (unpaired) electrons. The van der Waals surface area contributed by atoms with Crippen molar-refractivity contribution in [1.82, 2.24) is 19.4 Å². The molecule has 0 fully saturated rings. The van der Waals surface area contributed by atoms with Gasteiger partial charge in [-0.05, 0) is 51.9 Å². The van der Waals surface area contributed by atoms with Gasteiger partial charge in [-0.15, -0.1) is 0 Å². The number of carbonyl (C=O) groups excluding carboxylic acids is 1. The molecule has 3 rings (SSSR count). The standard InChI is InChI=1S/C20H29N5O.C2HF3O2/c1-15(2)23(4)12-18-19-13-24(9-6-10-25(19)14-21-18)20(26)22-17-8-5-7-16(3)11-17;3-2(4,5)1(6)7/h5,7-8,11,14-15H,6,9-10,12-13H2,1-4H3,(H,22,26);(H,6,7). The first-order valence-corrected chi connectivity index (χ1v) is 10.5. The van der Waals surface area contributed by atoms with E-state index in [4.69, 9.17) is 9.90 Å². The summed E-state index contributed by atoms with van der Waals surface area (Å²) in [6.07, 6.45) is -2.23. The second-order valence-electron chi connectivity index (χ2n) is 8.22. The highest BCUT2D eigenvalue weighted by molar-refractivity contribution is 5.89. The number of benzene rings is 1. The molecule has 1 aliphatic heterocycles. The Bertz CT molecular complexity index is 959.